The third-order valence-corrected chi connectivity index (χ3v) is 3.94. The second kappa shape index (κ2) is 5.16. The molecule has 1 aromatic heterocycles. The summed E-state index contributed by atoms with van der Waals surface area (Å²) in [5.41, 5.74) is -0.775. The van der Waals surface area contributed by atoms with E-state index < -0.39 is 17.5 Å². The van der Waals surface area contributed by atoms with Crippen LogP contribution in [0.3, 0.4) is 0 Å². The highest BCUT2D eigenvalue weighted by Crippen LogP contribution is 2.34. The number of amides is 4. The second-order valence-electron chi connectivity index (χ2n) is 5.37. The van der Waals surface area contributed by atoms with Gasteiger partial charge in [-0.05, 0) is 25.0 Å². The van der Waals surface area contributed by atoms with Crippen molar-refractivity contribution in [1.29, 1.82) is 0 Å². The van der Waals surface area contributed by atoms with Gasteiger partial charge in [0.1, 0.15) is 17.9 Å². The third kappa shape index (κ3) is 2.46. The Hall–Kier alpha value is -2.44. The Balaban J connectivity index is 1.66. The summed E-state index contributed by atoms with van der Waals surface area (Å²) in [5.74, 6) is -0.335. The number of pyridine rings is 1. The molecule has 2 fully saturated rings. The largest absolute Gasteiger partial charge is 0.325 e. The Morgan fingerprint density at radius 3 is 2.76 bits per heavy atom. The summed E-state index contributed by atoms with van der Waals surface area (Å²) in [5, 5.41) is 5.31. The fourth-order valence-electron chi connectivity index (χ4n) is 2.90. The maximum atomic E-state index is 12.4. The minimum Gasteiger partial charge on any atom is -0.323 e. The van der Waals surface area contributed by atoms with Gasteiger partial charge in [-0.1, -0.05) is 18.9 Å². The normalized spacial score (nSPS) is 19.9. The maximum Gasteiger partial charge on any atom is 0.325 e. The van der Waals surface area contributed by atoms with Crippen LogP contribution in [0.1, 0.15) is 25.7 Å². The molecule has 2 N–H and O–H groups in total. The summed E-state index contributed by atoms with van der Waals surface area (Å²) < 4.78 is 0. The van der Waals surface area contributed by atoms with Crippen LogP contribution in [0.2, 0.25) is 0 Å². The lowest BCUT2D eigenvalue weighted by Gasteiger charge is -2.19. The number of hydrogen-bond acceptors (Lipinski definition) is 4. The number of urea groups is 1. The molecular formula is C14H16N4O3. The van der Waals surface area contributed by atoms with E-state index in [1.807, 2.05) is 0 Å². The SMILES string of the molecule is O=C(CN1C(=O)NC2(CCCC2)C1=O)Nc1ccccn1. The first kappa shape index (κ1) is 13.5. The number of nitrogens with one attached hydrogen (secondary N) is 2. The first-order chi connectivity index (χ1) is 10.1. The summed E-state index contributed by atoms with van der Waals surface area (Å²) in [6, 6.07) is 4.63. The molecule has 0 unspecified atom stereocenters. The van der Waals surface area contributed by atoms with Crippen molar-refractivity contribution in [3.63, 3.8) is 0 Å². The highest BCUT2D eigenvalue weighted by atomic mass is 16.2. The molecule has 110 valence electrons. The molecule has 1 saturated heterocycles. The fraction of sp³-hybridized carbons (Fsp3) is 0.429. The van der Waals surface area contributed by atoms with E-state index in [0.29, 0.717) is 18.7 Å². The van der Waals surface area contributed by atoms with Gasteiger partial charge in [-0.15, -0.1) is 0 Å². The van der Waals surface area contributed by atoms with Crippen LogP contribution < -0.4 is 10.6 Å². The first-order valence-corrected chi connectivity index (χ1v) is 6.96. The summed E-state index contributed by atoms with van der Waals surface area (Å²) in [6.07, 6.45) is 4.68. The first-order valence-electron chi connectivity index (χ1n) is 6.96. The van der Waals surface area contributed by atoms with Crippen LogP contribution in [0.15, 0.2) is 24.4 Å². The van der Waals surface area contributed by atoms with Crippen LogP contribution >= 0.6 is 0 Å². The summed E-state index contributed by atoms with van der Waals surface area (Å²) in [7, 11) is 0. The predicted octanol–water partition coefficient (Wildman–Crippen LogP) is 0.885. The Kier molecular flexibility index (Phi) is 3.32. The van der Waals surface area contributed by atoms with Crippen molar-refractivity contribution in [2.45, 2.75) is 31.2 Å². The summed E-state index contributed by atoms with van der Waals surface area (Å²) in [4.78, 5) is 41.2. The number of hydrogen-bond donors (Lipinski definition) is 2. The van der Waals surface area contributed by atoms with E-state index in [2.05, 4.69) is 15.6 Å². The predicted molar refractivity (Wildman–Crippen MR) is 74.3 cm³/mol. The van der Waals surface area contributed by atoms with Crippen molar-refractivity contribution in [3.8, 4) is 0 Å². The number of imide groups is 1. The fourth-order valence-corrected chi connectivity index (χ4v) is 2.90. The van der Waals surface area contributed by atoms with Gasteiger partial charge in [-0.25, -0.2) is 9.78 Å². The van der Waals surface area contributed by atoms with Gasteiger partial charge in [0.2, 0.25) is 5.91 Å². The van der Waals surface area contributed by atoms with E-state index in [1.54, 1.807) is 24.4 Å². The molecule has 7 heteroatoms. The van der Waals surface area contributed by atoms with Gasteiger partial charge in [0.25, 0.3) is 5.91 Å². The van der Waals surface area contributed by atoms with Gasteiger partial charge >= 0.3 is 6.03 Å². The molecule has 7 nitrogen and oxygen atoms in total. The zero-order valence-corrected chi connectivity index (χ0v) is 11.5. The summed E-state index contributed by atoms with van der Waals surface area (Å²) in [6.45, 7) is -0.289. The van der Waals surface area contributed by atoms with Crippen LogP contribution in [0, 0.1) is 0 Å². The van der Waals surface area contributed by atoms with Gasteiger partial charge in [0.15, 0.2) is 0 Å². The van der Waals surface area contributed by atoms with E-state index in [4.69, 9.17) is 0 Å². The van der Waals surface area contributed by atoms with Gasteiger partial charge in [-0.2, -0.15) is 0 Å². The van der Waals surface area contributed by atoms with E-state index in [0.717, 1.165) is 17.7 Å². The standard InChI is InChI=1S/C14H16N4O3/c19-11(16-10-5-1-4-8-15-10)9-18-12(20)14(17-13(18)21)6-2-3-7-14/h1,4-5,8H,2-3,6-7,9H2,(H,17,21)(H,15,16,19). The van der Waals surface area contributed by atoms with E-state index >= 15 is 0 Å². The molecule has 2 heterocycles. The number of rotatable bonds is 3. The molecule has 1 spiro atoms. The number of aromatic nitrogens is 1. The molecule has 4 amide bonds. The molecule has 21 heavy (non-hydrogen) atoms. The second-order valence-corrected chi connectivity index (χ2v) is 5.37. The molecule has 0 radical (unpaired) electrons. The highest BCUT2D eigenvalue weighted by molar-refractivity contribution is 6.10. The van der Waals surface area contributed by atoms with Crippen molar-refractivity contribution >= 4 is 23.7 Å². The average Bonchev–Trinajstić information content (AvgIpc) is 3.02. The Morgan fingerprint density at radius 2 is 2.10 bits per heavy atom. The van der Waals surface area contributed by atoms with Gasteiger partial charge < -0.3 is 10.6 Å². The molecule has 1 aliphatic heterocycles. The summed E-state index contributed by atoms with van der Waals surface area (Å²) >= 11 is 0. The average molecular weight is 288 g/mol. The Morgan fingerprint density at radius 1 is 1.33 bits per heavy atom. The maximum absolute atomic E-state index is 12.4. The van der Waals surface area contributed by atoms with E-state index in [-0.39, 0.29) is 12.5 Å². The van der Waals surface area contributed by atoms with Crippen LogP contribution in [0.4, 0.5) is 10.6 Å². The minimum absolute atomic E-state index is 0.289. The van der Waals surface area contributed by atoms with E-state index in [9.17, 15) is 14.4 Å². The quantitative estimate of drug-likeness (QED) is 0.808. The zero-order valence-electron chi connectivity index (χ0n) is 11.5. The van der Waals surface area contributed by atoms with Crippen LogP contribution in [0.5, 0.6) is 0 Å². The van der Waals surface area contributed by atoms with Crippen molar-refractivity contribution in [2.24, 2.45) is 0 Å². The molecule has 0 atom stereocenters. The lowest BCUT2D eigenvalue weighted by atomic mass is 9.98. The Labute approximate surface area is 121 Å². The van der Waals surface area contributed by atoms with E-state index in [1.165, 1.54) is 0 Å². The molecular weight excluding hydrogens is 272 g/mol. The van der Waals surface area contributed by atoms with Gasteiger partial charge in [0.05, 0.1) is 0 Å². The van der Waals surface area contributed by atoms with Crippen LogP contribution in [0.25, 0.3) is 0 Å². The zero-order chi connectivity index (χ0) is 14.9. The highest BCUT2D eigenvalue weighted by Gasteiger charge is 2.52. The van der Waals surface area contributed by atoms with Gasteiger partial charge in [0, 0.05) is 6.20 Å². The lowest BCUT2D eigenvalue weighted by molar-refractivity contribution is -0.133. The molecule has 3 rings (SSSR count). The molecule has 1 aliphatic carbocycles. The third-order valence-electron chi connectivity index (χ3n) is 3.94. The minimum atomic E-state index is -0.775. The van der Waals surface area contributed by atoms with Crippen LogP contribution in [-0.4, -0.2) is 39.8 Å². The lowest BCUT2D eigenvalue weighted by Crippen LogP contribution is -2.44. The number of anilines is 1. The Bertz CT molecular complexity index is 581. The van der Waals surface area contributed by atoms with Crippen molar-refractivity contribution < 1.29 is 14.4 Å². The topological polar surface area (TPSA) is 91.4 Å². The number of nitrogens with zero attached hydrogens (tertiary/aromatic N) is 2. The number of carbonyl (C=O) groups is 3. The number of carbonyl (C=O) groups excluding carboxylic acids is 3. The molecule has 0 bridgehead atoms. The smallest absolute Gasteiger partial charge is 0.323 e. The molecule has 2 aliphatic rings. The van der Waals surface area contributed by atoms with Crippen molar-refractivity contribution in [3.05, 3.63) is 24.4 Å². The molecule has 0 aromatic carbocycles. The van der Waals surface area contributed by atoms with Crippen molar-refractivity contribution in [2.75, 3.05) is 11.9 Å². The molecule has 1 saturated carbocycles. The van der Waals surface area contributed by atoms with Crippen LogP contribution in [-0.2, 0) is 9.59 Å². The van der Waals surface area contributed by atoms with Gasteiger partial charge in [-0.3, -0.25) is 14.5 Å². The monoisotopic (exact) mass is 288 g/mol. The van der Waals surface area contributed by atoms with Crippen molar-refractivity contribution in [1.82, 2.24) is 15.2 Å². The molecule has 1 aromatic rings.